The molecule has 0 unspecified atom stereocenters. The molecular formula is C15H24N2O3. The lowest BCUT2D eigenvalue weighted by Gasteiger charge is -2.18. The molecule has 0 aromatic heterocycles. The summed E-state index contributed by atoms with van der Waals surface area (Å²) in [5, 5.41) is 14.2. The van der Waals surface area contributed by atoms with E-state index in [9.17, 15) is 10.1 Å². The smallest absolute Gasteiger partial charge is 0.311 e. The van der Waals surface area contributed by atoms with Crippen LogP contribution in [0.4, 0.5) is 11.4 Å². The van der Waals surface area contributed by atoms with Gasteiger partial charge in [0.15, 0.2) is 5.75 Å². The van der Waals surface area contributed by atoms with E-state index in [0.29, 0.717) is 12.4 Å². The number of benzene rings is 1. The van der Waals surface area contributed by atoms with Gasteiger partial charge < -0.3 is 10.1 Å². The van der Waals surface area contributed by atoms with E-state index in [1.807, 2.05) is 6.92 Å². The second kappa shape index (κ2) is 7.12. The zero-order valence-corrected chi connectivity index (χ0v) is 12.7. The topological polar surface area (TPSA) is 64.4 Å². The molecule has 0 atom stereocenters. The van der Waals surface area contributed by atoms with Crippen LogP contribution in [0.15, 0.2) is 18.2 Å². The summed E-state index contributed by atoms with van der Waals surface area (Å²) in [4.78, 5) is 10.5. The summed E-state index contributed by atoms with van der Waals surface area (Å²) in [5.74, 6) is 0.331. The Labute approximate surface area is 120 Å². The Morgan fingerprint density at radius 1 is 1.35 bits per heavy atom. The van der Waals surface area contributed by atoms with E-state index in [4.69, 9.17) is 4.74 Å². The van der Waals surface area contributed by atoms with Crippen LogP contribution in [0.3, 0.4) is 0 Å². The molecule has 1 aromatic rings. The van der Waals surface area contributed by atoms with Gasteiger partial charge in [-0.15, -0.1) is 0 Å². The lowest BCUT2D eigenvalue weighted by Crippen LogP contribution is -2.13. The van der Waals surface area contributed by atoms with Crippen molar-refractivity contribution in [3.05, 3.63) is 28.3 Å². The van der Waals surface area contributed by atoms with E-state index < -0.39 is 4.92 Å². The Hall–Kier alpha value is -1.78. The van der Waals surface area contributed by atoms with Crippen LogP contribution in [0.5, 0.6) is 5.75 Å². The molecule has 0 bridgehead atoms. The van der Waals surface area contributed by atoms with Crippen LogP contribution in [-0.4, -0.2) is 18.1 Å². The van der Waals surface area contributed by atoms with Gasteiger partial charge >= 0.3 is 5.69 Å². The van der Waals surface area contributed by atoms with Gasteiger partial charge in [0.1, 0.15) is 0 Å². The van der Waals surface area contributed by atoms with E-state index in [1.54, 1.807) is 12.1 Å². The standard InChI is InChI=1S/C15H24N2O3/c1-5-10-20-14-11-12(6-7-13(14)17(18)19)16-9-8-15(2,3)4/h6-7,11,16H,5,8-10H2,1-4H3. The molecule has 0 aliphatic carbocycles. The maximum Gasteiger partial charge on any atom is 0.311 e. The highest BCUT2D eigenvalue weighted by Gasteiger charge is 2.16. The molecule has 1 aromatic carbocycles. The number of ether oxygens (including phenoxy) is 1. The van der Waals surface area contributed by atoms with Crippen molar-refractivity contribution in [2.45, 2.75) is 40.5 Å². The highest BCUT2D eigenvalue weighted by Crippen LogP contribution is 2.30. The Bertz CT molecular complexity index is 453. The number of hydrogen-bond acceptors (Lipinski definition) is 4. The summed E-state index contributed by atoms with van der Waals surface area (Å²) < 4.78 is 5.45. The molecule has 0 aliphatic rings. The third-order valence-corrected chi connectivity index (χ3v) is 2.82. The van der Waals surface area contributed by atoms with Gasteiger partial charge in [-0.25, -0.2) is 0 Å². The first-order valence-electron chi connectivity index (χ1n) is 6.98. The van der Waals surface area contributed by atoms with Crippen molar-refractivity contribution in [2.75, 3.05) is 18.5 Å². The first kappa shape index (κ1) is 16.3. The Morgan fingerprint density at radius 3 is 2.60 bits per heavy atom. The normalized spacial score (nSPS) is 11.2. The van der Waals surface area contributed by atoms with Crippen molar-refractivity contribution in [1.82, 2.24) is 0 Å². The summed E-state index contributed by atoms with van der Waals surface area (Å²) in [6.45, 7) is 9.82. The second-order valence-corrected chi connectivity index (χ2v) is 6.03. The molecule has 0 amide bonds. The molecule has 0 heterocycles. The molecule has 1 rings (SSSR count). The Balaban J connectivity index is 2.75. The summed E-state index contributed by atoms with van der Waals surface area (Å²) >= 11 is 0. The summed E-state index contributed by atoms with van der Waals surface area (Å²) in [7, 11) is 0. The van der Waals surface area contributed by atoms with E-state index in [2.05, 4.69) is 26.1 Å². The molecule has 1 N–H and O–H groups in total. The average molecular weight is 280 g/mol. The summed E-state index contributed by atoms with van der Waals surface area (Å²) in [5.41, 5.74) is 1.13. The van der Waals surface area contributed by atoms with Crippen LogP contribution in [0.1, 0.15) is 40.5 Å². The molecule has 5 nitrogen and oxygen atoms in total. The van der Waals surface area contributed by atoms with Crippen LogP contribution in [-0.2, 0) is 0 Å². The molecule has 0 saturated carbocycles. The molecule has 20 heavy (non-hydrogen) atoms. The summed E-state index contributed by atoms with van der Waals surface area (Å²) in [6, 6.07) is 4.92. The average Bonchev–Trinajstić information content (AvgIpc) is 2.34. The van der Waals surface area contributed by atoms with Gasteiger partial charge in [-0.05, 0) is 24.3 Å². The maximum atomic E-state index is 10.9. The zero-order valence-electron chi connectivity index (χ0n) is 12.7. The fraction of sp³-hybridized carbons (Fsp3) is 0.600. The Kier molecular flexibility index (Phi) is 5.80. The fourth-order valence-electron chi connectivity index (χ4n) is 1.68. The maximum absolute atomic E-state index is 10.9. The third-order valence-electron chi connectivity index (χ3n) is 2.82. The first-order chi connectivity index (χ1) is 9.33. The molecule has 0 radical (unpaired) electrons. The van der Waals surface area contributed by atoms with E-state index in [0.717, 1.165) is 25.1 Å². The number of nitrogens with one attached hydrogen (secondary N) is 1. The second-order valence-electron chi connectivity index (χ2n) is 6.03. The predicted molar refractivity (Wildman–Crippen MR) is 81.4 cm³/mol. The van der Waals surface area contributed by atoms with Crippen molar-refractivity contribution in [2.24, 2.45) is 5.41 Å². The van der Waals surface area contributed by atoms with Gasteiger partial charge in [-0.3, -0.25) is 10.1 Å². The number of anilines is 1. The largest absolute Gasteiger partial charge is 0.487 e. The van der Waals surface area contributed by atoms with Gasteiger partial charge in [-0.2, -0.15) is 0 Å². The molecule has 0 aliphatic heterocycles. The minimum absolute atomic E-state index is 0.0137. The van der Waals surface area contributed by atoms with Gasteiger partial charge in [-0.1, -0.05) is 27.7 Å². The number of nitro benzene ring substituents is 1. The zero-order chi connectivity index (χ0) is 15.2. The predicted octanol–water partition coefficient (Wildman–Crippen LogP) is 4.23. The van der Waals surface area contributed by atoms with E-state index >= 15 is 0 Å². The lowest BCUT2D eigenvalue weighted by atomic mass is 9.92. The molecule has 112 valence electrons. The van der Waals surface area contributed by atoms with Crippen LogP contribution in [0.25, 0.3) is 0 Å². The molecule has 0 fully saturated rings. The van der Waals surface area contributed by atoms with Crippen molar-refractivity contribution in [3.63, 3.8) is 0 Å². The van der Waals surface area contributed by atoms with Crippen LogP contribution >= 0.6 is 0 Å². The van der Waals surface area contributed by atoms with Crippen LogP contribution in [0.2, 0.25) is 0 Å². The van der Waals surface area contributed by atoms with Crippen molar-refractivity contribution in [3.8, 4) is 5.75 Å². The van der Waals surface area contributed by atoms with E-state index in [1.165, 1.54) is 6.07 Å². The Morgan fingerprint density at radius 2 is 2.05 bits per heavy atom. The number of nitrogens with zero attached hydrogens (tertiary/aromatic N) is 1. The van der Waals surface area contributed by atoms with E-state index in [-0.39, 0.29) is 11.1 Å². The lowest BCUT2D eigenvalue weighted by molar-refractivity contribution is -0.385. The highest BCUT2D eigenvalue weighted by atomic mass is 16.6. The number of hydrogen-bond donors (Lipinski definition) is 1. The van der Waals surface area contributed by atoms with Crippen LogP contribution in [0, 0.1) is 15.5 Å². The molecule has 0 saturated heterocycles. The third kappa shape index (κ3) is 5.47. The van der Waals surface area contributed by atoms with Crippen LogP contribution < -0.4 is 10.1 Å². The fourth-order valence-corrected chi connectivity index (χ4v) is 1.68. The molecular weight excluding hydrogens is 256 g/mol. The minimum atomic E-state index is -0.413. The van der Waals surface area contributed by atoms with Gasteiger partial charge in [0.05, 0.1) is 11.5 Å². The van der Waals surface area contributed by atoms with Gasteiger partial charge in [0.2, 0.25) is 0 Å². The van der Waals surface area contributed by atoms with Crippen molar-refractivity contribution in [1.29, 1.82) is 0 Å². The monoisotopic (exact) mass is 280 g/mol. The van der Waals surface area contributed by atoms with Crippen molar-refractivity contribution >= 4 is 11.4 Å². The molecule has 5 heteroatoms. The number of nitro groups is 1. The minimum Gasteiger partial charge on any atom is -0.487 e. The highest BCUT2D eigenvalue weighted by molar-refractivity contribution is 5.58. The first-order valence-corrected chi connectivity index (χ1v) is 6.98. The SMILES string of the molecule is CCCOc1cc(NCCC(C)(C)C)ccc1[N+](=O)[O-]. The molecule has 0 spiro atoms. The summed E-state index contributed by atoms with van der Waals surface area (Å²) in [6.07, 6.45) is 1.84. The number of rotatable bonds is 7. The van der Waals surface area contributed by atoms with Crippen molar-refractivity contribution < 1.29 is 9.66 Å². The van der Waals surface area contributed by atoms with Gasteiger partial charge in [0.25, 0.3) is 0 Å². The van der Waals surface area contributed by atoms with Gasteiger partial charge in [0, 0.05) is 24.4 Å². The quantitative estimate of drug-likeness (QED) is 0.599.